The minimum Gasteiger partial charge on any atom is -0.361 e. The third-order valence-corrected chi connectivity index (χ3v) is 6.37. The first-order valence-electron chi connectivity index (χ1n) is 9.18. The van der Waals surface area contributed by atoms with E-state index in [2.05, 4.69) is 9.88 Å². The van der Waals surface area contributed by atoms with Crippen LogP contribution >= 0.6 is 0 Å². The summed E-state index contributed by atoms with van der Waals surface area (Å²) in [5, 5.41) is 3.91. The Hall–Kier alpha value is -2.26. The number of carbonyl (C=O) groups excluding carboxylic acids is 1. The van der Waals surface area contributed by atoms with Crippen LogP contribution in [0.15, 0.2) is 28.8 Å². The van der Waals surface area contributed by atoms with Gasteiger partial charge in [0, 0.05) is 30.1 Å². The highest BCUT2D eigenvalue weighted by Crippen LogP contribution is 2.20. The van der Waals surface area contributed by atoms with Crippen molar-refractivity contribution in [1.82, 2.24) is 14.8 Å². The monoisotopic (exact) mass is 409 g/mol. The Morgan fingerprint density at radius 1 is 1.29 bits per heavy atom. The molecule has 1 aromatic heterocycles. The number of amides is 1. The number of sulfonamides is 1. The van der Waals surface area contributed by atoms with E-state index in [0.717, 1.165) is 11.3 Å². The standard InChI is InChI=1S/C19H24FN3O4S/c1-13-17(14(2)27-21-13)11-23-10-9-16(7-8-19(23)24)22-28(25,26)12-15-5-3-4-6-18(15)20/h3-6,16,22H,7-12H2,1-2H3. The number of benzene rings is 1. The highest BCUT2D eigenvalue weighted by atomic mass is 32.2. The number of nitrogens with zero attached hydrogens (tertiary/aromatic N) is 2. The highest BCUT2D eigenvalue weighted by Gasteiger charge is 2.27. The number of carbonyl (C=O) groups is 1. The molecule has 1 saturated heterocycles. The highest BCUT2D eigenvalue weighted by molar-refractivity contribution is 7.88. The molecule has 0 bridgehead atoms. The van der Waals surface area contributed by atoms with Gasteiger partial charge in [0.1, 0.15) is 11.6 Å². The Bertz CT molecular complexity index is 938. The molecule has 1 fully saturated rings. The van der Waals surface area contributed by atoms with Crippen LogP contribution in [0.5, 0.6) is 0 Å². The van der Waals surface area contributed by atoms with Gasteiger partial charge in [-0.25, -0.2) is 17.5 Å². The fourth-order valence-electron chi connectivity index (χ4n) is 3.36. The number of nitrogens with one attached hydrogen (secondary N) is 1. The lowest BCUT2D eigenvalue weighted by atomic mass is 10.1. The van der Waals surface area contributed by atoms with Gasteiger partial charge in [0.2, 0.25) is 15.9 Å². The lowest BCUT2D eigenvalue weighted by Crippen LogP contribution is -2.36. The summed E-state index contributed by atoms with van der Waals surface area (Å²) < 4.78 is 46.4. The molecule has 1 N–H and O–H groups in total. The molecular formula is C19H24FN3O4S. The van der Waals surface area contributed by atoms with Gasteiger partial charge in [0.15, 0.2) is 0 Å². The number of likely N-dealkylation sites (tertiary alicyclic amines) is 1. The molecule has 0 spiro atoms. The quantitative estimate of drug-likeness (QED) is 0.791. The van der Waals surface area contributed by atoms with E-state index in [1.807, 2.05) is 6.92 Å². The molecule has 1 aliphatic rings. The van der Waals surface area contributed by atoms with Gasteiger partial charge in [-0.15, -0.1) is 0 Å². The van der Waals surface area contributed by atoms with Crippen LogP contribution in [-0.2, 0) is 27.1 Å². The second-order valence-corrected chi connectivity index (χ2v) is 8.86. The minimum atomic E-state index is -3.72. The van der Waals surface area contributed by atoms with Crippen LogP contribution in [0.4, 0.5) is 4.39 Å². The van der Waals surface area contributed by atoms with Crippen molar-refractivity contribution in [2.75, 3.05) is 6.54 Å². The summed E-state index contributed by atoms with van der Waals surface area (Å²) in [6.07, 6.45) is 1.15. The first kappa shape index (κ1) is 20.5. The topological polar surface area (TPSA) is 92.5 Å². The van der Waals surface area contributed by atoms with E-state index in [-0.39, 0.29) is 23.9 Å². The van der Waals surface area contributed by atoms with E-state index >= 15 is 0 Å². The maximum Gasteiger partial charge on any atom is 0.222 e. The Kier molecular flexibility index (Phi) is 6.14. The fourth-order valence-corrected chi connectivity index (χ4v) is 4.83. The third-order valence-electron chi connectivity index (χ3n) is 4.99. The molecule has 1 atom stereocenters. The lowest BCUT2D eigenvalue weighted by molar-refractivity contribution is -0.131. The summed E-state index contributed by atoms with van der Waals surface area (Å²) in [4.78, 5) is 14.2. The minimum absolute atomic E-state index is 0.0317. The lowest BCUT2D eigenvalue weighted by Gasteiger charge is -2.21. The van der Waals surface area contributed by atoms with Crippen molar-refractivity contribution >= 4 is 15.9 Å². The van der Waals surface area contributed by atoms with Crippen molar-refractivity contribution in [2.45, 2.75) is 51.4 Å². The molecule has 0 radical (unpaired) electrons. The van der Waals surface area contributed by atoms with Crippen LogP contribution in [0, 0.1) is 19.7 Å². The number of rotatable bonds is 6. The summed E-state index contributed by atoms with van der Waals surface area (Å²) in [5.41, 5.74) is 1.75. The predicted octanol–water partition coefficient (Wildman–Crippen LogP) is 2.43. The molecule has 1 unspecified atom stereocenters. The van der Waals surface area contributed by atoms with Gasteiger partial charge in [-0.2, -0.15) is 0 Å². The fraction of sp³-hybridized carbons (Fsp3) is 0.474. The summed E-state index contributed by atoms with van der Waals surface area (Å²) in [5.74, 6) is -0.325. The Morgan fingerprint density at radius 2 is 2.04 bits per heavy atom. The molecule has 1 aliphatic heterocycles. The normalized spacial score (nSPS) is 18.3. The maximum absolute atomic E-state index is 13.8. The Balaban J connectivity index is 1.63. The summed E-state index contributed by atoms with van der Waals surface area (Å²) >= 11 is 0. The number of hydrogen-bond donors (Lipinski definition) is 1. The van der Waals surface area contributed by atoms with Gasteiger partial charge in [0.05, 0.1) is 18.0 Å². The molecule has 152 valence electrons. The third kappa shape index (κ3) is 4.96. The number of hydrogen-bond acceptors (Lipinski definition) is 5. The number of halogens is 1. The van der Waals surface area contributed by atoms with E-state index in [1.54, 1.807) is 17.9 Å². The molecule has 1 aromatic carbocycles. The summed E-state index contributed by atoms with van der Waals surface area (Å²) in [7, 11) is -3.72. The SMILES string of the molecule is Cc1noc(C)c1CN1CCC(NS(=O)(=O)Cc2ccccc2F)CCC1=O. The van der Waals surface area contributed by atoms with Crippen LogP contribution in [0.2, 0.25) is 0 Å². The van der Waals surface area contributed by atoms with Crippen molar-refractivity contribution in [2.24, 2.45) is 0 Å². The Labute approximate surface area is 163 Å². The second kappa shape index (κ2) is 8.40. The predicted molar refractivity (Wildman–Crippen MR) is 101 cm³/mol. The zero-order chi connectivity index (χ0) is 20.3. The van der Waals surface area contributed by atoms with Gasteiger partial charge in [-0.05, 0) is 32.8 Å². The van der Waals surface area contributed by atoms with E-state index < -0.39 is 21.6 Å². The van der Waals surface area contributed by atoms with Crippen LogP contribution in [0.1, 0.15) is 41.8 Å². The molecule has 0 aliphatic carbocycles. The van der Waals surface area contributed by atoms with Gasteiger partial charge < -0.3 is 9.42 Å². The van der Waals surface area contributed by atoms with Crippen LogP contribution in [0.3, 0.4) is 0 Å². The molecule has 1 amide bonds. The smallest absolute Gasteiger partial charge is 0.222 e. The molecule has 0 saturated carbocycles. The zero-order valence-electron chi connectivity index (χ0n) is 15.9. The molecular weight excluding hydrogens is 385 g/mol. The van der Waals surface area contributed by atoms with E-state index in [4.69, 9.17) is 4.52 Å². The Morgan fingerprint density at radius 3 is 2.71 bits per heavy atom. The van der Waals surface area contributed by atoms with Crippen LogP contribution in [0.25, 0.3) is 0 Å². The van der Waals surface area contributed by atoms with Gasteiger partial charge >= 0.3 is 0 Å². The van der Waals surface area contributed by atoms with Crippen molar-refractivity contribution in [3.63, 3.8) is 0 Å². The molecule has 2 aromatic rings. The molecule has 9 heteroatoms. The van der Waals surface area contributed by atoms with Crippen molar-refractivity contribution in [3.8, 4) is 0 Å². The van der Waals surface area contributed by atoms with E-state index in [1.165, 1.54) is 18.2 Å². The van der Waals surface area contributed by atoms with Gasteiger partial charge in [0.25, 0.3) is 0 Å². The van der Waals surface area contributed by atoms with Crippen molar-refractivity contribution < 1.29 is 22.1 Å². The first-order chi connectivity index (χ1) is 13.2. The van der Waals surface area contributed by atoms with Crippen LogP contribution in [-0.4, -0.2) is 37.0 Å². The van der Waals surface area contributed by atoms with Gasteiger partial charge in [-0.3, -0.25) is 4.79 Å². The van der Waals surface area contributed by atoms with E-state index in [0.29, 0.717) is 31.7 Å². The largest absolute Gasteiger partial charge is 0.361 e. The van der Waals surface area contributed by atoms with E-state index in [9.17, 15) is 17.6 Å². The number of aromatic nitrogens is 1. The molecule has 28 heavy (non-hydrogen) atoms. The first-order valence-corrected chi connectivity index (χ1v) is 10.8. The average molecular weight is 409 g/mol. The molecule has 7 nitrogen and oxygen atoms in total. The summed E-state index contributed by atoms with van der Waals surface area (Å²) in [6, 6.07) is 5.45. The summed E-state index contributed by atoms with van der Waals surface area (Å²) in [6.45, 7) is 4.45. The molecule has 2 heterocycles. The van der Waals surface area contributed by atoms with Crippen LogP contribution < -0.4 is 4.72 Å². The molecule has 3 rings (SSSR count). The second-order valence-electron chi connectivity index (χ2n) is 7.11. The van der Waals surface area contributed by atoms with Crippen molar-refractivity contribution in [3.05, 3.63) is 52.7 Å². The van der Waals surface area contributed by atoms with Gasteiger partial charge in [-0.1, -0.05) is 23.4 Å². The zero-order valence-corrected chi connectivity index (χ0v) is 16.8. The number of aryl methyl sites for hydroxylation is 2. The van der Waals surface area contributed by atoms with Crippen molar-refractivity contribution in [1.29, 1.82) is 0 Å². The maximum atomic E-state index is 13.8. The average Bonchev–Trinajstić information content (AvgIpc) is 2.84.